The largest absolute Gasteiger partial charge is 0.205 e. The van der Waals surface area contributed by atoms with Crippen molar-refractivity contribution in [3.05, 3.63) is 82.1 Å². The normalized spacial score (nSPS) is 18.2. The van der Waals surface area contributed by atoms with Crippen LogP contribution in [0.15, 0.2) is 54.6 Å². The van der Waals surface area contributed by atoms with Crippen LogP contribution in [0.5, 0.6) is 0 Å². The van der Waals surface area contributed by atoms with Crippen LogP contribution in [0.4, 0.5) is 4.39 Å². The van der Waals surface area contributed by atoms with Gasteiger partial charge in [0, 0.05) is 16.0 Å². The third-order valence-corrected chi connectivity index (χ3v) is 7.48. The fourth-order valence-corrected chi connectivity index (χ4v) is 5.25. The van der Waals surface area contributed by atoms with Crippen molar-refractivity contribution in [3.8, 4) is 11.8 Å². The third-order valence-electron chi connectivity index (χ3n) is 7.23. The zero-order valence-corrected chi connectivity index (χ0v) is 20.4. The predicted molar refractivity (Wildman–Crippen MR) is 139 cm³/mol. The molecule has 1 aliphatic carbocycles. The van der Waals surface area contributed by atoms with E-state index in [2.05, 4.69) is 30.9 Å². The molecule has 3 aromatic rings. The summed E-state index contributed by atoms with van der Waals surface area (Å²) in [6.07, 6.45) is 13.5. The van der Waals surface area contributed by atoms with Gasteiger partial charge in [0.15, 0.2) is 0 Å². The maximum absolute atomic E-state index is 15.1. The molecule has 0 aromatic heterocycles. The Balaban J connectivity index is 1.35. The van der Waals surface area contributed by atoms with Gasteiger partial charge < -0.3 is 0 Å². The second-order valence-corrected chi connectivity index (χ2v) is 10.1. The molecule has 0 saturated heterocycles. The first kappa shape index (κ1) is 23.8. The van der Waals surface area contributed by atoms with E-state index >= 15 is 4.39 Å². The lowest BCUT2D eigenvalue weighted by Crippen LogP contribution is -2.15. The summed E-state index contributed by atoms with van der Waals surface area (Å²) in [5, 5.41) is 2.28. The summed E-state index contributed by atoms with van der Waals surface area (Å²) in [6.45, 7) is 2.29. The number of halogens is 2. The summed E-state index contributed by atoms with van der Waals surface area (Å²) in [5.41, 5.74) is 2.57. The van der Waals surface area contributed by atoms with Gasteiger partial charge in [-0.3, -0.25) is 0 Å². The van der Waals surface area contributed by atoms with Crippen molar-refractivity contribution in [2.45, 2.75) is 71.1 Å². The summed E-state index contributed by atoms with van der Waals surface area (Å²) < 4.78 is 15.1. The van der Waals surface area contributed by atoms with Crippen LogP contribution in [0.2, 0.25) is 5.02 Å². The van der Waals surface area contributed by atoms with E-state index in [1.165, 1.54) is 63.4 Å². The lowest BCUT2D eigenvalue weighted by Gasteiger charge is -2.28. The average Bonchev–Trinajstić information content (AvgIpc) is 2.84. The monoisotopic (exact) mass is 460 g/mol. The van der Waals surface area contributed by atoms with Crippen molar-refractivity contribution in [3.63, 3.8) is 0 Å². The molecule has 33 heavy (non-hydrogen) atoms. The molecule has 0 amide bonds. The molecule has 0 N–H and O–H groups in total. The topological polar surface area (TPSA) is 0 Å². The number of benzene rings is 3. The van der Waals surface area contributed by atoms with Gasteiger partial charge in [-0.25, -0.2) is 4.39 Å². The van der Waals surface area contributed by atoms with Gasteiger partial charge in [0.2, 0.25) is 0 Å². The molecule has 0 aliphatic heterocycles. The van der Waals surface area contributed by atoms with Gasteiger partial charge in [-0.15, -0.1) is 0 Å². The molecule has 0 atom stereocenters. The second-order valence-electron chi connectivity index (χ2n) is 9.66. The first-order valence-electron chi connectivity index (χ1n) is 12.6. The van der Waals surface area contributed by atoms with Gasteiger partial charge in [-0.2, -0.15) is 0 Å². The first-order valence-corrected chi connectivity index (χ1v) is 13.0. The number of fused-ring (bicyclic) bond motifs is 1. The molecule has 0 spiro atoms. The molecule has 0 bridgehead atoms. The Morgan fingerprint density at radius 1 is 0.848 bits per heavy atom. The van der Waals surface area contributed by atoms with E-state index in [1.807, 2.05) is 24.3 Å². The van der Waals surface area contributed by atoms with Gasteiger partial charge >= 0.3 is 0 Å². The molecule has 3 aromatic carbocycles. The molecule has 2 heteroatoms. The van der Waals surface area contributed by atoms with E-state index in [4.69, 9.17) is 11.6 Å². The van der Waals surface area contributed by atoms with Crippen LogP contribution < -0.4 is 0 Å². The van der Waals surface area contributed by atoms with Crippen LogP contribution in [-0.2, 0) is 6.42 Å². The van der Waals surface area contributed by atoms with Crippen molar-refractivity contribution in [2.75, 3.05) is 0 Å². The third kappa shape index (κ3) is 6.61. The molecule has 0 radical (unpaired) electrons. The Morgan fingerprint density at radius 2 is 1.58 bits per heavy atom. The van der Waals surface area contributed by atoms with E-state index in [0.29, 0.717) is 16.0 Å². The highest BCUT2D eigenvalue weighted by Gasteiger charge is 2.20. The fraction of sp³-hybridized carbons (Fsp3) is 0.419. The smallest absolute Gasteiger partial charge is 0.146 e. The standard InChI is InChI=1S/C31H34ClF/c1-2-3-4-5-23-6-8-24(9-7-23)10-11-26-15-21-30-28(22-26)18-17-27(31(30)33)16-12-25-13-19-29(32)20-14-25/h13-15,17-24H,2-11H2,1H3. The number of hydrogen-bond acceptors (Lipinski definition) is 0. The van der Waals surface area contributed by atoms with Gasteiger partial charge in [-0.1, -0.05) is 106 Å². The van der Waals surface area contributed by atoms with E-state index in [9.17, 15) is 0 Å². The summed E-state index contributed by atoms with van der Waals surface area (Å²) in [5.74, 6) is 7.59. The maximum atomic E-state index is 15.1. The zero-order chi connectivity index (χ0) is 23.0. The van der Waals surface area contributed by atoms with Crippen LogP contribution in [0.25, 0.3) is 10.8 Å². The van der Waals surface area contributed by atoms with Crippen molar-refractivity contribution in [1.29, 1.82) is 0 Å². The van der Waals surface area contributed by atoms with Crippen molar-refractivity contribution >= 4 is 22.4 Å². The van der Waals surface area contributed by atoms with E-state index in [-0.39, 0.29) is 5.82 Å². The van der Waals surface area contributed by atoms with E-state index in [1.54, 1.807) is 18.2 Å². The average molecular weight is 461 g/mol. The maximum Gasteiger partial charge on any atom is 0.146 e. The molecule has 0 nitrogen and oxygen atoms in total. The minimum absolute atomic E-state index is 0.234. The van der Waals surface area contributed by atoms with Gasteiger partial charge in [-0.05, 0) is 66.0 Å². The fourth-order valence-electron chi connectivity index (χ4n) is 5.13. The Hall–Kier alpha value is -2.30. The minimum atomic E-state index is -0.234. The molecular weight excluding hydrogens is 427 g/mol. The lowest BCUT2D eigenvalue weighted by molar-refractivity contribution is 0.249. The summed E-state index contributed by atoms with van der Waals surface area (Å²) in [6, 6.07) is 17.3. The Bertz CT molecular complexity index is 1110. The molecule has 4 rings (SSSR count). The molecule has 0 heterocycles. The van der Waals surface area contributed by atoms with E-state index in [0.717, 1.165) is 29.2 Å². The van der Waals surface area contributed by atoms with Gasteiger partial charge in [0.1, 0.15) is 5.82 Å². The van der Waals surface area contributed by atoms with Crippen LogP contribution >= 0.6 is 11.6 Å². The predicted octanol–water partition coefficient (Wildman–Crippen LogP) is 9.35. The molecule has 1 saturated carbocycles. The summed E-state index contributed by atoms with van der Waals surface area (Å²) in [4.78, 5) is 0. The van der Waals surface area contributed by atoms with Crippen molar-refractivity contribution in [1.82, 2.24) is 0 Å². The first-order chi connectivity index (χ1) is 16.1. The highest BCUT2D eigenvalue weighted by atomic mass is 35.5. The highest BCUT2D eigenvalue weighted by molar-refractivity contribution is 6.30. The number of unbranched alkanes of at least 4 members (excludes halogenated alkanes) is 2. The molecule has 172 valence electrons. The van der Waals surface area contributed by atoms with Crippen molar-refractivity contribution in [2.24, 2.45) is 11.8 Å². The second kappa shape index (κ2) is 11.7. The SMILES string of the molecule is CCCCCC1CCC(CCc2ccc3c(F)c(C#Cc4ccc(Cl)cc4)ccc3c2)CC1. The van der Waals surface area contributed by atoms with Crippen molar-refractivity contribution < 1.29 is 4.39 Å². The van der Waals surface area contributed by atoms with Gasteiger partial charge in [0.05, 0.1) is 5.56 Å². The summed E-state index contributed by atoms with van der Waals surface area (Å²) >= 11 is 5.92. The number of hydrogen-bond donors (Lipinski definition) is 0. The molecule has 1 fully saturated rings. The minimum Gasteiger partial charge on any atom is -0.205 e. The number of aryl methyl sites for hydroxylation is 1. The quantitative estimate of drug-likeness (QED) is 0.243. The van der Waals surface area contributed by atoms with Crippen LogP contribution in [0, 0.1) is 29.5 Å². The lowest BCUT2D eigenvalue weighted by atomic mass is 9.77. The van der Waals surface area contributed by atoms with Gasteiger partial charge in [0.25, 0.3) is 0 Å². The van der Waals surface area contributed by atoms with Crippen LogP contribution in [0.3, 0.4) is 0 Å². The Kier molecular flexibility index (Phi) is 8.46. The Morgan fingerprint density at radius 3 is 2.30 bits per heavy atom. The highest BCUT2D eigenvalue weighted by Crippen LogP contribution is 2.34. The molecule has 0 unspecified atom stereocenters. The molecule has 1 aliphatic rings. The zero-order valence-electron chi connectivity index (χ0n) is 19.7. The van der Waals surface area contributed by atoms with Crippen LogP contribution in [-0.4, -0.2) is 0 Å². The summed E-state index contributed by atoms with van der Waals surface area (Å²) in [7, 11) is 0. The number of rotatable bonds is 7. The van der Waals surface area contributed by atoms with E-state index < -0.39 is 0 Å². The Labute approximate surface area is 203 Å². The van der Waals surface area contributed by atoms with Crippen LogP contribution in [0.1, 0.15) is 81.4 Å². The molecular formula is C31H34ClF.